The Kier molecular flexibility index (Phi) is 66.9. The molecular formula is C74H137NO5. The number of hydrogen-bond donors (Lipinski definition) is 3. The summed E-state index contributed by atoms with van der Waals surface area (Å²) in [6.45, 7) is 4.89. The number of hydrogen-bond acceptors (Lipinski definition) is 5. The van der Waals surface area contributed by atoms with Crippen LogP contribution < -0.4 is 5.32 Å². The number of carbonyl (C=O) groups excluding carboxylic acids is 2. The smallest absolute Gasteiger partial charge is 0.305 e. The summed E-state index contributed by atoms with van der Waals surface area (Å²) in [5, 5.41) is 23.2. The van der Waals surface area contributed by atoms with Crippen molar-refractivity contribution in [1.82, 2.24) is 5.32 Å². The SMILES string of the molecule is CCCCC/C=C\C/C=C\CCCCCCCCCC(=O)OCCCCCCCCCCC/C=C\C/C=C\CCCCCCCCCCCCCC(=O)NC(CO)C(O)/C=C/CCCCCCCCCCCCCCCCCCC. The minimum Gasteiger partial charge on any atom is -0.466 e. The van der Waals surface area contributed by atoms with Crippen LogP contribution in [0.2, 0.25) is 0 Å². The van der Waals surface area contributed by atoms with Crippen molar-refractivity contribution < 1.29 is 24.5 Å². The van der Waals surface area contributed by atoms with Crippen molar-refractivity contribution in [3.63, 3.8) is 0 Å². The van der Waals surface area contributed by atoms with E-state index in [0.29, 0.717) is 19.4 Å². The van der Waals surface area contributed by atoms with Gasteiger partial charge in [-0.05, 0) is 96.3 Å². The van der Waals surface area contributed by atoms with Crippen LogP contribution in [0.15, 0.2) is 60.8 Å². The van der Waals surface area contributed by atoms with Crippen LogP contribution in [0, 0.1) is 0 Å². The Morgan fingerprint density at radius 1 is 0.350 bits per heavy atom. The monoisotopic (exact) mass is 1120 g/mol. The van der Waals surface area contributed by atoms with Gasteiger partial charge >= 0.3 is 5.97 Å². The fourth-order valence-electron chi connectivity index (χ4n) is 10.8. The number of esters is 1. The number of carbonyl (C=O) groups is 2. The largest absolute Gasteiger partial charge is 0.466 e. The Bertz CT molecular complexity index is 1380. The molecule has 0 aromatic carbocycles. The molecule has 0 heterocycles. The number of unbranched alkanes of at least 4 members (excludes halogenated alkanes) is 47. The minimum absolute atomic E-state index is 0.00240. The predicted molar refractivity (Wildman–Crippen MR) is 352 cm³/mol. The Balaban J connectivity index is 3.44. The van der Waals surface area contributed by atoms with Crippen molar-refractivity contribution in [2.45, 2.75) is 386 Å². The van der Waals surface area contributed by atoms with Crippen LogP contribution in [0.1, 0.15) is 373 Å². The first kappa shape index (κ1) is 77.6. The summed E-state index contributed by atoms with van der Waals surface area (Å²) in [5.74, 6) is -0.0665. The number of nitrogens with one attached hydrogen (secondary N) is 1. The molecule has 2 atom stereocenters. The molecule has 468 valence electrons. The van der Waals surface area contributed by atoms with Gasteiger partial charge in [0.2, 0.25) is 5.91 Å². The van der Waals surface area contributed by atoms with Crippen LogP contribution in [0.4, 0.5) is 0 Å². The van der Waals surface area contributed by atoms with E-state index >= 15 is 0 Å². The molecule has 1 amide bonds. The third kappa shape index (κ3) is 64.7. The first-order valence-corrected chi connectivity index (χ1v) is 35.6. The van der Waals surface area contributed by atoms with Gasteiger partial charge in [0.15, 0.2) is 0 Å². The molecule has 0 aromatic heterocycles. The van der Waals surface area contributed by atoms with Crippen LogP contribution >= 0.6 is 0 Å². The highest BCUT2D eigenvalue weighted by Gasteiger charge is 2.18. The number of aliphatic hydroxyl groups is 2. The van der Waals surface area contributed by atoms with Gasteiger partial charge in [-0.3, -0.25) is 9.59 Å². The summed E-state index contributed by atoms with van der Waals surface area (Å²) in [5.41, 5.74) is 0. The van der Waals surface area contributed by atoms with Crippen molar-refractivity contribution in [3.05, 3.63) is 60.8 Å². The lowest BCUT2D eigenvalue weighted by Crippen LogP contribution is -2.45. The average Bonchev–Trinajstić information content (AvgIpc) is 3.46. The fraction of sp³-hybridized carbons (Fsp3) is 0.838. The Morgan fingerprint density at radius 3 is 0.975 bits per heavy atom. The molecule has 0 aliphatic heterocycles. The highest BCUT2D eigenvalue weighted by Crippen LogP contribution is 2.18. The summed E-state index contributed by atoms with van der Waals surface area (Å²) in [4.78, 5) is 24.6. The van der Waals surface area contributed by atoms with E-state index in [2.05, 4.69) is 67.8 Å². The molecule has 3 N–H and O–H groups in total. The number of amides is 1. The molecule has 0 fully saturated rings. The number of aliphatic hydroxyl groups excluding tert-OH is 2. The second kappa shape index (κ2) is 69.1. The maximum absolute atomic E-state index is 12.5. The van der Waals surface area contributed by atoms with Gasteiger partial charge in [-0.15, -0.1) is 0 Å². The zero-order chi connectivity index (χ0) is 57.8. The standard InChI is InChI=1S/C74H137NO5/c1-3-5-7-9-11-13-15-17-19-21-31-35-38-42-46-50-54-58-62-66-72(77)71(70-76)75-73(78)67-63-59-55-51-47-43-39-36-32-29-27-25-23-22-24-26-28-30-33-37-41-45-49-53-57-61-65-69-80-74(79)68-64-60-56-52-48-44-40-34-20-18-16-14-12-10-8-6-4-2/h12,14,18,20,22-23,26,28,62,66,71-72,76-77H,3-11,13,15-17,19,21,24-25,27,29-61,63-65,67-70H2,1-2H3,(H,75,78)/b14-12-,20-18-,23-22-,28-26-,66-62+. The molecule has 0 saturated heterocycles. The predicted octanol–water partition coefficient (Wildman–Crippen LogP) is 23.0. The van der Waals surface area contributed by atoms with E-state index in [0.717, 1.165) is 57.8 Å². The summed E-state index contributed by atoms with van der Waals surface area (Å²) >= 11 is 0. The summed E-state index contributed by atoms with van der Waals surface area (Å²) in [6.07, 6.45) is 91.5. The second-order valence-electron chi connectivity index (χ2n) is 24.2. The number of allylic oxidation sites excluding steroid dienone is 9. The van der Waals surface area contributed by atoms with Crippen LogP contribution in [0.25, 0.3) is 0 Å². The quantitative estimate of drug-likeness (QED) is 0.0320. The van der Waals surface area contributed by atoms with E-state index in [1.165, 1.54) is 289 Å². The van der Waals surface area contributed by atoms with E-state index in [-0.39, 0.29) is 18.5 Å². The summed E-state index contributed by atoms with van der Waals surface area (Å²) in [7, 11) is 0. The molecular weight excluding hydrogens is 983 g/mol. The van der Waals surface area contributed by atoms with Gasteiger partial charge in [-0.2, -0.15) is 0 Å². The first-order chi connectivity index (χ1) is 39.5. The first-order valence-electron chi connectivity index (χ1n) is 35.6. The topological polar surface area (TPSA) is 95.9 Å². The fourth-order valence-corrected chi connectivity index (χ4v) is 10.8. The summed E-state index contributed by atoms with van der Waals surface area (Å²) < 4.78 is 5.49. The van der Waals surface area contributed by atoms with Crippen molar-refractivity contribution in [2.24, 2.45) is 0 Å². The molecule has 6 nitrogen and oxygen atoms in total. The lowest BCUT2D eigenvalue weighted by molar-refractivity contribution is -0.143. The number of rotatable bonds is 66. The molecule has 80 heavy (non-hydrogen) atoms. The number of ether oxygens (including phenoxy) is 1. The zero-order valence-electron chi connectivity index (χ0n) is 53.6. The molecule has 0 saturated carbocycles. The average molecular weight is 1120 g/mol. The van der Waals surface area contributed by atoms with E-state index in [9.17, 15) is 19.8 Å². The molecule has 2 unspecified atom stereocenters. The maximum Gasteiger partial charge on any atom is 0.305 e. The molecule has 0 bridgehead atoms. The van der Waals surface area contributed by atoms with E-state index in [1.807, 2.05) is 6.08 Å². The van der Waals surface area contributed by atoms with Crippen LogP contribution in [-0.2, 0) is 14.3 Å². The maximum atomic E-state index is 12.5. The zero-order valence-corrected chi connectivity index (χ0v) is 53.6. The summed E-state index contributed by atoms with van der Waals surface area (Å²) in [6, 6.07) is -0.632. The molecule has 0 rings (SSSR count). The molecule has 0 aromatic rings. The van der Waals surface area contributed by atoms with Gasteiger partial charge in [-0.1, -0.05) is 325 Å². The van der Waals surface area contributed by atoms with Gasteiger partial charge < -0.3 is 20.3 Å². The van der Waals surface area contributed by atoms with E-state index in [4.69, 9.17) is 4.74 Å². The molecule has 0 radical (unpaired) electrons. The minimum atomic E-state index is -0.849. The second-order valence-corrected chi connectivity index (χ2v) is 24.2. The third-order valence-corrected chi connectivity index (χ3v) is 16.3. The van der Waals surface area contributed by atoms with Gasteiger partial charge in [0, 0.05) is 12.8 Å². The van der Waals surface area contributed by atoms with Gasteiger partial charge in [-0.25, -0.2) is 0 Å². The van der Waals surface area contributed by atoms with E-state index in [1.54, 1.807) is 6.08 Å². The van der Waals surface area contributed by atoms with Crippen molar-refractivity contribution in [2.75, 3.05) is 13.2 Å². The molecule has 0 aliphatic carbocycles. The Hall–Kier alpha value is -2.44. The Morgan fingerprint density at radius 2 is 0.625 bits per heavy atom. The van der Waals surface area contributed by atoms with E-state index < -0.39 is 12.1 Å². The van der Waals surface area contributed by atoms with Crippen molar-refractivity contribution >= 4 is 11.9 Å². The lowest BCUT2D eigenvalue weighted by Gasteiger charge is -2.20. The highest BCUT2D eigenvalue weighted by atomic mass is 16.5. The van der Waals surface area contributed by atoms with Crippen molar-refractivity contribution in [3.8, 4) is 0 Å². The van der Waals surface area contributed by atoms with Gasteiger partial charge in [0.1, 0.15) is 0 Å². The van der Waals surface area contributed by atoms with Gasteiger partial charge in [0.05, 0.1) is 25.4 Å². The molecule has 0 spiro atoms. The Labute approximate surface area is 499 Å². The van der Waals surface area contributed by atoms with Crippen molar-refractivity contribution in [1.29, 1.82) is 0 Å². The van der Waals surface area contributed by atoms with Crippen LogP contribution in [0.5, 0.6) is 0 Å². The lowest BCUT2D eigenvalue weighted by atomic mass is 10.0. The highest BCUT2D eigenvalue weighted by molar-refractivity contribution is 5.76. The van der Waals surface area contributed by atoms with Crippen LogP contribution in [-0.4, -0.2) is 47.4 Å². The molecule has 0 aliphatic rings. The normalized spacial score (nSPS) is 12.9. The van der Waals surface area contributed by atoms with Crippen LogP contribution in [0.3, 0.4) is 0 Å². The molecule has 6 heteroatoms. The van der Waals surface area contributed by atoms with Gasteiger partial charge in [0.25, 0.3) is 0 Å². The third-order valence-electron chi connectivity index (χ3n) is 16.3.